The number of alkyl carbamates (subject to hydrolysis) is 1. The van der Waals surface area contributed by atoms with Crippen LogP contribution in [0.1, 0.15) is 53.2 Å². The molecule has 0 spiro atoms. The summed E-state index contributed by atoms with van der Waals surface area (Å²) in [6, 6.07) is 10.9. The van der Waals surface area contributed by atoms with Gasteiger partial charge in [0.2, 0.25) is 0 Å². The number of carbonyl (C=O) groups is 1. The zero-order chi connectivity index (χ0) is 18.9. The highest BCUT2D eigenvalue weighted by atomic mass is 16.6. The van der Waals surface area contributed by atoms with Gasteiger partial charge >= 0.3 is 6.09 Å². The zero-order valence-electron chi connectivity index (χ0n) is 16.7. The first-order valence-corrected chi connectivity index (χ1v) is 9.80. The number of para-hydroxylation sites is 1. The molecule has 1 N–H and O–H groups in total. The molecule has 26 heavy (non-hydrogen) atoms. The van der Waals surface area contributed by atoms with Crippen LogP contribution in [0.3, 0.4) is 0 Å². The van der Waals surface area contributed by atoms with Crippen molar-refractivity contribution in [2.24, 2.45) is 11.8 Å². The average Bonchev–Trinajstić information content (AvgIpc) is 2.76. The number of nitrogens with zero attached hydrogens (tertiary/aromatic N) is 1. The Morgan fingerprint density at radius 3 is 2.65 bits per heavy atom. The number of hydrogen-bond acceptors (Lipinski definition) is 2. The van der Waals surface area contributed by atoms with Crippen molar-refractivity contribution in [3.63, 3.8) is 0 Å². The topological polar surface area (TPSA) is 43.3 Å². The molecule has 0 radical (unpaired) electrons. The molecule has 0 saturated heterocycles. The molecule has 4 heteroatoms. The number of ether oxygens (including phenoxy) is 1. The Balaban J connectivity index is 1.73. The molecule has 1 aliphatic rings. The highest BCUT2D eigenvalue weighted by molar-refractivity contribution is 5.81. The normalized spacial score (nSPS) is 19.1. The summed E-state index contributed by atoms with van der Waals surface area (Å²) in [7, 11) is 0. The van der Waals surface area contributed by atoms with Crippen LogP contribution in [0.4, 0.5) is 4.79 Å². The standard InChI is InChI=1S/C22H32N2O2/c1-15(2)20(26-21(25)23-22(3,4)5)16-10-11-18-14-17-8-6-7-9-19(17)24(18)13-12-16/h6-9,14-16,20H,10-13H2,1-5H3,(H,23,25). The number of benzene rings is 1. The summed E-state index contributed by atoms with van der Waals surface area (Å²) in [5.41, 5.74) is 2.44. The number of nitrogens with one attached hydrogen (secondary N) is 1. The van der Waals surface area contributed by atoms with Gasteiger partial charge in [-0.1, -0.05) is 32.0 Å². The summed E-state index contributed by atoms with van der Waals surface area (Å²) in [5, 5.41) is 4.25. The van der Waals surface area contributed by atoms with Gasteiger partial charge in [-0.15, -0.1) is 0 Å². The lowest BCUT2D eigenvalue weighted by Crippen LogP contribution is -2.44. The maximum Gasteiger partial charge on any atom is 0.407 e. The van der Waals surface area contributed by atoms with Crippen molar-refractivity contribution in [1.29, 1.82) is 0 Å². The molecule has 0 aliphatic carbocycles. The second kappa shape index (κ2) is 7.34. The Bertz CT molecular complexity index is 770. The van der Waals surface area contributed by atoms with E-state index in [4.69, 9.17) is 4.74 Å². The summed E-state index contributed by atoms with van der Waals surface area (Å²) in [6.07, 6.45) is 2.78. The molecule has 3 rings (SSSR count). The van der Waals surface area contributed by atoms with E-state index >= 15 is 0 Å². The van der Waals surface area contributed by atoms with Gasteiger partial charge in [-0.25, -0.2) is 4.79 Å². The summed E-state index contributed by atoms with van der Waals surface area (Å²) < 4.78 is 8.33. The van der Waals surface area contributed by atoms with Gasteiger partial charge in [-0.05, 0) is 69.4 Å². The van der Waals surface area contributed by atoms with Crippen molar-refractivity contribution in [2.45, 2.75) is 72.1 Å². The molecule has 1 aliphatic heterocycles. The number of aromatic nitrogens is 1. The van der Waals surface area contributed by atoms with E-state index in [-0.39, 0.29) is 17.7 Å². The van der Waals surface area contributed by atoms with Crippen LogP contribution < -0.4 is 5.32 Å². The Hall–Kier alpha value is -1.97. The van der Waals surface area contributed by atoms with Crippen molar-refractivity contribution >= 4 is 17.0 Å². The number of hydrogen-bond donors (Lipinski definition) is 1. The van der Waals surface area contributed by atoms with Crippen LogP contribution in [0.5, 0.6) is 0 Å². The van der Waals surface area contributed by atoms with Crippen LogP contribution >= 0.6 is 0 Å². The van der Waals surface area contributed by atoms with Crippen molar-refractivity contribution in [3.05, 3.63) is 36.0 Å². The number of fused-ring (bicyclic) bond motifs is 3. The maximum absolute atomic E-state index is 12.3. The molecule has 2 unspecified atom stereocenters. The summed E-state index contributed by atoms with van der Waals surface area (Å²) in [4.78, 5) is 12.3. The van der Waals surface area contributed by atoms with E-state index in [1.807, 2.05) is 20.8 Å². The molecular weight excluding hydrogens is 324 g/mol. The van der Waals surface area contributed by atoms with Crippen LogP contribution in [0.2, 0.25) is 0 Å². The highest BCUT2D eigenvalue weighted by Gasteiger charge is 2.31. The van der Waals surface area contributed by atoms with Crippen LogP contribution in [0.15, 0.2) is 30.3 Å². The second-order valence-corrected chi connectivity index (χ2v) is 8.92. The van der Waals surface area contributed by atoms with Gasteiger partial charge in [0.15, 0.2) is 0 Å². The van der Waals surface area contributed by atoms with E-state index in [0.717, 1.165) is 25.8 Å². The third-order valence-electron chi connectivity index (χ3n) is 5.23. The maximum atomic E-state index is 12.3. The zero-order valence-corrected chi connectivity index (χ0v) is 16.7. The van der Waals surface area contributed by atoms with Gasteiger partial charge < -0.3 is 14.6 Å². The Kier molecular flexibility index (Phi) is 5.31. The van der Waals surface area contributed by atoms with Crippen LogP contribution in [0.25, 0.3) is 10.9 Å². The van der Waals surface area contributed by atoms with Crippen molar-refractivity contribution in [2.75, 3.05) is 0 Å². The lowest BCUT2D eigenvalue weighted by molar-refractivity contribution is 0.0232. The first-order chi connectivity index (χ1) is 12.2. The summed E-state index contributed by atoms with van der Waals surface area (Å²) in [5.74, 6) is 0.694. The fraction of sp³-hybridized carbons (Fsp3) is 0.591. The van der Waals surface area contributed by atoms with Crippen molar-refractivity contribution in [3.8, 4) is 0 Å². The van der Waals surface area contributed by atoms with Crippen LogP contribution in [-0.2, 0) is 17.7 Å². The van der Waals surface area contributed by atoms with Gasteiger partial charge in [0.1, 0.15) is 6.10 Å². The molecule has 0 fully saturated rings. The lowest BCUT2D eigenvalue weighted by atomic mass is 9.87. The van der Waals surface area contributed by atoms with E-state index in [0.29, 0.717) is 11.8 Å². The molecule has 1 aromatic heterocycles. The fourth-order valence-electron chi connectivity index (χ4n) is 4.08. The SMILES string of the molecule is CC(C)C(OC(=O)NC(C)(C)C)C1CCc2cc3ccccc3n2CC1. The van der Waals surface area contributed by atoms with Crippen molar-refractivity contribution in [1.82, 2.24) is 9.88 Å². The predicted octanol–water partition coefficient (Wildman–Crippen LogP) is 5.14. The minimum absolute atomic E-state index is 0.0479. The molecule has 2 atom stereocenters. The molecule has 0 bridgehead atoms. The second-order valence-electron chi connectivity index (χ2n) is 8.92. The predicted molar refractivity (Wildman–Crippen MR) is 106 cm³/mol. The molecule has 2 heterocycles. The highest BCUT2D eigenvalue weighted by Crippen LogP contribution is 2.31. The van der Waals surface area contributed by atoms with Gasteiger partial charge in [0, 0.05) is 23.3 Å². The Morgan fingerprint density at radius 2 is 1.96 bits per heavy atom. The third kappa shape index (κ3) is 4.22. The monoisotopic (exact) mass is 356 g/mol. The van der Waals surface area contributed by atoms with Crippen LogP contribution in [-0.4, -0.2) is 22.3 Å². The van der Waals surface area contributed by atoms with E-state index in [1.54, 1.807) is 0 Å². The number of rotatable bonds is 3. The van der Waals surface area contributed by atoms with Gasteiger partial charge in [0.05, 0.1) is 0 Å². The lowest BCUT2D eigenvalue weighted by Gasteiger charge is -2.31. The number of amides is 1. The van der Waals surface area contributed by atoms with E-state index in [1.165, 1.54) is 16.6 Å². The first-order valence-electron chi connectivity index (χ1n) is 9.80. The van der Waals surface area contributed by atoms with E-state index < -0.39 is 0 Å². The third-order valence-corrected chi connectivity index (χ3v) is 5.23. The van der Waals surface area contributed by atoms with Gasteiger partial charge in [-0.3, -0.25) is 0 Å². The Labute approximate surface area is 156 Å². The fourth-order valence-corrected chi connectivity index (χ4v) is 4.08. The molecular formula is C22H32N2O2. The Morgan fingerprint density at radius 1 is 1.23 bits per heavy atom. The van der Waals surface area contributed by atoms with Crippen LogP contribution in [0, 0.1) is 11.8 Å². The van der Waals surface area contributed by atoms with Crippen molar-refractivity contribution < 1.29 is 9.53 Å². The first kappa shape index (κ1) is 18.8. The molecule has 4 nitrogen and oxygen atoms in total. The largest absolute Gasteiger partial charge is 0.446 e. The molecule has 1 amide bonds. The minimum atomic E-state index is -0.300. The van der Waals surface area contributed by atoms with Gasteiger partial charge in [-0.2, -0.15) is 0 Å². The summed E-state index contributed by atoms with van der Waals surface area (Å²) in [6.45, 7) is 11.2. The van der Waals surface area contributed by atoms with Gasteiger partial charge in [0.25, 0.3) is 0 Å². The molecule has 1 aromatic carbocycles. The van der Waals surface area contributed by atoms with E-state index in [9.17, 15) is 4.79 Å². The molecule has 2 aromatic rings. The van der Waals surface area contributed by atoms with E-state index in [2.05, 4.69) is 54.1 Å². The number of carbonyl (C=O) groups excluding carboxylic acids is 1. The quantitative estimate of drug-likeness (QED) is 0.827. The molecule has 0 saturated carbocycles. The average molecular weight is 357 g/mol. The number of aryl methyl sites for hydroxylation is 2. The smallest absolute Gasteiger partial charge is 0.407 e. The molecule has 142 valence electrons. The minimum Gasteiger partial charge on any atom is -0.446 e. The summed E-state index contributed by atoms with van der Waals surface area (Å²) >= 11 is 0.